The standard InChI is InChI=1S/C15H23NS/c1-12-9-14(10-17-12)16-11-15(2,3)13-7-5-4-6-8-13/h4-8,12,14,16H,9-11H2,1-3H3. The normalized spacial score (nSPS) is 25.1. The number of thioether (sulfide) groups is 1. The molecule has 0 bridgehead atoms. The van der Waals surface area contributed by atoms with E-state index >= 15 is 0 Å². The van der Waals surface area contributed by atoms with Crippen LogP contribution >= 0.6 is 11.8 Å². The predicted octanol–water partition coefficient (Wildman–Crippen LogP) is 3.45. The third kappa shape index (κ3) is 3.49. The number of rotatable bonds is 4. The number of hydrogen-bond donors (Lipinski definition) is 1. The molecule has 1 fully saturated rings. The first-order valence-corrected chi connectivity index (χ1v) is 7.53. The molecule has 1 saturated heterocycles. The molecule has 0 amide bonds. The van der Waals surface area contributed by atoms with Crippen molar-refractivity contribution in [2.45, 2.75) is 43.9 Å². The van der Waals surface area contributed by atoms with Gasteiger partial charge in [-0.2, -0.15) is 11.8 Å². The Kier molecular flexibility index (Phi) is 4.16. The van der Waals surface area contributed by atoms with Gasteiger partial charge in [0.15, 0.2) is 0 Å². The van der Waals surface area contributed by atoms with Crippen LogP contribution in [-0.4, -0.2) is 23.6 Å². The van der Waals surface area contributed by atoms with Crippen molar-refractivity contribution in [3.05, 3.63) is 35.9 Å². The molecule has 17 heavy (non-hydrogen) atoms. The van der Waals surface area contributed by atoms with Gasteiger partial charge in [0.2, 0.25) is 0 Å². The van der Waals surface area contributed by atoms with Gasteiger partial charge in [-0.25, -0.2) is 0 Å². The monoisotopic (exact) mass is 249 g/mol. The van der Waals surface area contributed by atoms with Crippen LogP contribution in [0.3, 0.4) is 0 Å². The van der Waals surface area contributed by atoms with E-state index in [0.717, 1.165) is 11.8 Å². The van der Waals surface area contributed by atoms with Crippen LogP contribution in [0.15, 0.2) is 30.3 Å². The summed E-state index contributed by atoms with van der Waals surface area (Å²) in [7, 11) is 0. The second-order valence-corrected chi connectivity index (χ2v) is 7.18. The van der Waals surface area contributed by atoms with Crippen LogP contribution in [0.4, 0.5) is 0 Å². The van der Waals surface area contributed by atoms with E-state index in [-0.39, 0.29) is 5.41 Å². The summed E-state index contributed by atoms with van der Waals surface area (Å²) >= 11 is 2.09. The van der Waals surface area contributed by atoms with Crippen molar-refractivity contribution >= 4 is 11.8 Å². The summed E-state index contributed by atoms with van der Waals surface area (Å²) in [5, 5.41) is 4.56. The predicted molar refractivity (Wildman–Crippen MR) is 77.8 cm³/mol. The topological polar surface area (TPSA) is 12.0 Å². The zero-order chi connectivity index (χ0) is 12.3. The Morgan fingerprint density at radius 3 is 2.59 bits per heavy atom. The van der Waals surface area contributed by atoms with Gasteiger partial charge < -0.3 is 5.32 Å². The van der Waals surface area contributed by atoms with E-state index in [4.69, 9.17) is 0 Å². The molecular formula is C15H23NS. The Morgan fingerprint density at radius 1 is 1.29 bits per heavy atom. The highest BCUT2D eigenvalue weighted by Crippen LogP contribution is 2.27. The smallest absolute Gasteiger partial charge is 0.0169 e. The summed E-state index contributed by atoms with van der Waals surface area (Å²) in [5.41, 5.74) is 1.64. The Balaban J connectivity index is 1.89. The maximum Gasteiger partial charge on any atom is 0.0169 e. The van der Waals surface area contributed by atoms with Crippen LogP contribution in [0.1, 0.15) is 32.8 Å². The fraction of sp³-hybridized carbons (Fsp3) is 0.600. The first-order chi connectivity index (χ1) is 8.08. The van der Waals surface area contributed by atoms with E-state index in [9.17, 15) is 0 Å². The summed E-state index contributed by atoms with van der Waals surface area (Å²) < 4.78 is 0. The summed E-state index contributed by atoms with van der Waals surface area (Å²) in [6.07, 6.45) is 1.32. The molecule has 1 aromatic rings. The minimum atomic E-state index is 0.220. The van der Waals surface area contributed by atoms with Crippen molar-refractivity contribution in [3.8, 4) is 0 Å². The van der Waals surface area contributed by atoms with E-state index in [0.29, 0.717) is 6.04 Å². The molecule has 0 saturated carbocycles. The molecule has 0 aliphatic carbocycles. The zero-order valence-corrected chi connectivity index (χ0v) is 11.9. The fourth-order valence-corrected chi connectivity index (χ4v) is 3.53. The van der Waals surface area contributed by atoms with Crippen molar-refractivity contribution < 1.29 is 0 Å². The van der Waals surface area contributed by atoms with Crippen molar-refractivity contribution in [3.63, 3.8) is 0 Å². The van der Waals surface area contributed by atoms with E-state index < -0.39 is 0 Å². The molecular weight excluding hydrogens is 226 g/mol. The molecule has 0 radical (unpaired) electrons. The van der Waals surface area contributed by atoms with Crippen LogP contribution in [0.2, 0.25) is 0 Å². The maximum absolute atomic E-state index is 3.73. The van der Waals surface area contributed by atoms with Gasteiger partial charge in [0.1, 0.15) is 0 Å². The lowest BCUT2D eigenvalue weighted by Gasteiger charge is -2.27. The van der Waals surface area contributed by atoms with Gasteiger partial charge in [-0.05, 0) is 12.0 Å². The molecule has 1 N–H and O–H groups in total. The lowest BCUT2D eigenvalue weighted by Crippen LogP contribution is -2.39. The molecule has 2 rings (SSSR count). The average Bonchev–Trinajstić information content (AvgIpc) is 2.74. The Labute approximate surface area is 109 Å². The fourth-order valence-electron chi connectivity index (χ4n) is 2.35. The third-order valence-electron chi connectivity index (χ3n) is 3.59. The number of benzene rings is 1. The second-order valence-electron chi connectivity index (χ2n) is 5.71. The van der Waals surface area contributed by atoms with Gasteiger partial charge in [0.05, 0.1) is 0 Å². The maximum atomic E-state index is 3.73. The summed E-state index contributed by atoms with van der Waals surface area (Å²) in [4.78, 5) is 0. The molecule has 1 aromatic carbocycles. The van der Waals surface area contributed by atoms with Crippen LogP contribution in [0.5, 0.6) is 0 Å². The molecule has 94 valence electrons. The Bertz CT molecular complexity index is 347. The second kappa shape index (κ2) is 5.45. The summed E-state index contributed by atoms with van der Waals surface area (Å²) in [6, 6.07) is 11.5. The molecule has 1 nitrogen and oxygen atoms in total. The lowest BCUT2D eigenvalue weighted by atomic mass is 9.84. The minimum absolute atomic E-state index is 0.220. The quantitative estimate of drug-likeness (QED) is 0.877. The minimum Gasteiger partial charge on any atom is -0.312 e. The third-order valence-corrected chi connectivity index (χ3v) is 4.94. The largest absolute Gasteiger partial charge is 0.312 e. The Hall–Kier alpha value is -0.470. The van der Waals surface area contributed by atoms with Crippen molar-refractivity contribution in [2.24, 2.45) is 0 Å². The molecule has 2 heteroatoms. The van der Waals surface area contributed by atoms with E-state index in [1.807, 2.05) is 0 Å². The van der Waals surface area contributed by atoms with Crippen molar-refractivity contribution in [2.75, 3.05) is 12.3 Å². The first-order valence-electron chi connectivity index (χ1n) is 6.48. The van der Waals surface area contributed by atoms with Gasteiger partial charge in [-0.3, -0.25) is 0 Å². The van der Waals surface area contributed by atoms with Crippen LogP contribution in [0, 0.1) is 0 Å². The zero-order valence-electron chi connectivity index (χ0n) is 11.1. The summed E-state index contributed by atoms with van der Waals surface area (Å²) in [5.74, 6) is 1.27. The first kappa shape index (κ1) is 13.0. The average molecular weight is 249 g/mol. The molecule has 0 spiro atoms. The van der Waals surface area contributed by atoms with Crippen LogP contribution < -0.4 is 5.32 Å². The molecule has 2 unspecified atom stereocenters. The lowest BCUT2D eigenvalue weighted by molar-refractivity contribution is 0.427. The van der Waals surface area contributed by atoms with Gasteiger partial charge in [-0.15, -0.1) is 0 Å². The number of nitrogens with one attached hydrogen (secondary N) is 1. The molecule has 1 heterocycles. The molecule has 2 atom stereocenters. The SMILES string of the molecule is CC1CC(NCC(C)(C)c2ccccc2)CS1. The van der Waals surface area contributed by atoms with Gasteiger partial charge in [0, 0.05) is 29.0 Å². The van der Waals surface area contributed by atoms with Crippen LogP contribution in [-0.2, 0) is 5.41 Å². The van der Waals surface area contributed by atoms with E-state index in [1.54, 1.807) is 0 Å². The van der Waals surface area contributed by atoms with Gasteiger partial charge >= 0.3 is 0 Å². The van der Waals surface area contributed by atoms with Gasteiger partial charge in [0.25, 0.3) is 0 Å². The summed E-state index contributed by atoms with van der Waals surface area (Å²) in [6.45, 7) is 8.03. The van der Waals surface area contributed by atoms with E-state index in [1.165, 1.54) is 17.7 Å². The Morgan fingerprint density at radius 2 is 2.00 bits per heavy atom. The number of hydrogen-bond acceptors (Lipinski definition) is 2. The highest BCUT2D eigenvalue weighted by molar-refractivity contribution is 8.00. The highest BCUT2D eigenvalue weighted by Gasteiger charge is 2.25. The highest BCUT2D eigenvalue weighted by atomic mass is 32.2. The molecule has 0 aromatic heterocycles. The van der Waals surface area contributed by atoms with Crippen molar-refractivity contribution in [1.82, 2.24) is 5.32 Å². The van der Waals surface area contributed by atoms with Crippen molar-refractivity contribution in [1.29, 1.82) is 0 Å². The van der Waals surface area contributed by atoms with Gasteiger partial charge in [-0.1, -0.05) is 51.1 Å². The van der Waals surface area contributed by atoms with E-state index in [2.05, 4.69) is 68.2 Å². The molecule has 1 aliphatic rings. The van der Waals surface area contributed by atoms with Crippen LogP contribution in [0.25, 0.3) is 0 Å². The molecule has 1 aliphatic heterocycles.